The molecule has 0 aliphatic heterocycles. The van der Waals surface area contributed by atoms with Crippen LogP contribution in [0.15, 0.2) is 6.20 Å². The highest BCUT2D eigenvalue weighted by Gasteiger charge is 2.45. The molecule has 0 amide bonds. The Morgan fingerprint density at radius 2 is 1.65 bits per heavy atom. The minimum absolute atomic E-state index is 0.244. The van der Waals surface area contributed by atoms with Crippen molar-refractivity contribution in [2.45, 2.75) is 19.0 Å². The second-order valence-corrected chi connectivity index (χ2v) is 3.26. The summed E-state index contributed by atoms with van der Waals surface area (Å²) in [6, 6.07) is 0. The van der Waals surface area contributed by atoms with E-state index in [1.54, 1.807) is 0 Å². The smallest absolute Gasteiger partial charge is 0.494 e. The predicted molar refractivity (Wildman–Crippen MR) is 47.4 cm³/mol. The molecule has 0 atom stereocenters. The molecular formula is C9H5F8NO2. The monoisotopic (exact) mass is 311 g/mol. The minimum atomic E-state index is -5.60. The van der Waals surface area contributed by atoms with Crippen LogP contribution in [0.5, 0.6) is 11.5 Å². The number of hydrogen-bond acceptors (Lipinski definition) is 3. The fourth-order valence-electron chi connectivity index (χ4n) is 1.29. The van der Waals surface area contributed by atoms with Crippen molar-refractivity contribution in [3.05, 3.63) is 17.5 Å². The average Bonchev–Trinajstić information content (AvgIpc) is 2.23. The summed E-state index contributed by atoms with van der Waals surface area (Å²) in [5, 5.41) is 0. The van der Waals surface area contributed by atoms with Crippen LogP contribution in [0.1, 0.15) is 17.7 Å². The third-order valence-electron chi connectivity index (χ3n) is 1.95. The van der Waals surface area contributed by atoms with Gasteiger partial charge in [-0.15, -0.1) is 13.2 Å². The van der Waals surface area contributed by atoms with Gasteiger partial charge >= 0.3 is 12.5 Å². The van der Waals surface area contributed by atoms with Crippen LogP contribution in [0.25, 0.3) is 0 Å². The maximum Gasteiger partial charge on any atom is 0.573 e. The SMILES string of the molecule is COc1cnc(C(F)F)c(OC(F)(F)F)c1C(F)(F)F. The van der Waals surface area contributed by atoms with Crippen molar-refractivity contribution < 1.29 is 44.6 Å². The van der Waals surface area contributed by atoms with E-state index in [9.17, 15) is 35.1 Å². The van der Waals surface area contributed by atoms with Crippen LogP contribution >= 0.6 is 0 Å². The van der Waals surface area contributed by atoms with Gasteiger partial charge in [0.15, 0.2) is 11.5 Å². The highest BCUT2D eigenvalue weighted by atomic mass is 19.4. The second kappa shape index (κ2) is 5.29. The lowest BCUT2D eigenvalue weighted by molar-refractivity contribution is -0.277. The Labute approximate surface area is 106 Å². The number of nitrogens with zero attached hydrogens (tertiary/aromatic N) is 1. The summed E-state index contributed by atoms with van der Waals surface area (Å²) in [5.41, 5.74) is -3.89. The van der Waals surface area contributed by atoms with E-state index in [0.717, 1.165) is 0 Å². The number of halogens is 8. The molecule has 0 aliphatic carbocycles. The van der Waals surface area contributed by atoms with E-state index in [1.807, 2.05) is 0 Å². The van der Waals surface area contributed by atoms with Crippen molar-refractivity contribution in [2.24, 2.45) is 0 Å². The fourth-order valence-corrected chi connectivity index (χ4v) is 1.29. The van der Waals surface area contributed by atoms with E-state index in [4.69, 9.17) is 0 Å². The second-order valence-electron chi connectivity index (χ2n) is 3.26. The van der Waals surface area contributed by atoms with Gasteiger partial charge in [-0.05, 0) is 0 Å². The zero-order valence-electron chi connectivity index (χ0n) is 9.44. The Hall–Kier alpha value is -1.81. The molecular weight excluding hydrogens is 306 g/mol. The average molecular weight is 311 g/mol. The van der Waals surface area contributed by atoms with E-state index in [-0.39, 0.29) is 6.20 Å². The van der Waals surface area contributed by atoms with E-state index in [2.05, 4.69) is 14.5 Å². The van der Waals surface area contributed by atoms with Crippen LogP contribution in [0, 0.1) is 0 Å². The van der Waals surface area contributed by atoms with E-state index in [1.165, 1.54) is 0 Å². The van der Waals surface area contributed by atoms with E-state index >= 15 is 0 Å². The van der Waals surface area contributed by atoms with Gasteiger partial charge in [-0.3, -0.25) is 0 Å². The molecule has 11 heteroatoms. The summed E-state index contributed by atoms with van der Waals surface area (Å²) in [5.74, 6) is -3.29. The molecule has 0 spiro atoms. The van der Waals surface area contributed by atoms with Crippen molar-refractivity contribution in [2.75, 3.05) is 7.11 Å². The van der Waals surface area contributed by atoms with Crippen molar-refractivity contribution in [3.63, 3.8) is 0 Å². The lowest BCUT2D eigenvalue weighted by atomic mass is 10.1. The number of hydrogen-bond donors (Lipinski definition) is 0. The van der Waals surface area contributed by atoms with Gasteiger partial charge in [-0.1, -0.05) is 0 Å². The zero-order valence-corrected chi connectivity index (χ0v) is 9.44. The largest absolute Gasteiger partial charge is 0.573 e. The molecule has 0 aromatic carbocycles. The first kappa shape index (κ1) is 16.2. The van der Waals surface area contributed by atoms with Crippen molar-refractivity contribution >= 4 is 0 Å². The Morgan fingerprint density at radius 3 is 2.00 bits per heavy atom. The summed E-state index contributed by atoms with van der Waals surface area (Å²) in [6.45, 7) is 0. The molecule has 0 radical (unpaired) electrons. The topological polar surface area (TPSA) is 31.4 Å². The summed E-state index contributed by atoms with van der Waals surface area (Å²) in [4.78, 5) is 2.81. The number of aromatic nitrogens is 1. The first-order chi connectivity index (χ1) is 8.97. The lowest BCUT2D eigenvalue weighted by Gasteiger charge is -2.19. The van der Waals surface area contributed by atoms with Gasteiger partial charge in [0.25, 0.3) is 6.43 Å². The maximum absolute atomic E-state index is 12.7. The summed E-state index contributed by atoms with van der Waals surface area (Å²) < 4.78 is 107. The van der Waals surface area contributed by atoms with Gasteiger partial charge in [-0.2, -0.15) is 13.2 Å². The quantitative estimate of drug-likeness (QED) is 0.792. The van der Waals surface area contributed by atoms with Crippen LogP contribution in [0.2, 0.25) is 0 Å². The molecule has 20 heavy (non-hydrogen) atoms. The number of methoxy groups -OCH3 is 1. The van der Waals surface area contributed by atoms with Crippen molar-refractivity contribution in [1.82, 2.24) is 4.98 Å². The predicted octanol–water partition coefficient (Wildman–Crippen LogP) is 3.95. The van der Waals surface area contributed by atoms with Crippen LogP contribution < -0.4 is 9.47 Å². The van der Waals surface area contributed by atoms with Crippen molar-refractivity contribution in [1.29, 1.82) is 0 Å². The number of pyridine rings is 1. The molecule has 114 valence electrons. The van der Waals surface area contributed by atoms with Crippen LogP contribution in [-0.2, 0) is 6.18 Å². The highest BCUT2D eigenvalue weighted by molar-refractivity contribution is 5.48. The maximum atomic E-state index is 12.7. The van der Waals surface area contributed by atoms with Gasteiger partial charge < -0.3 is 9.47 Å². The zero-order chi connectivity index (χ0) is 15.7. The normalized spacial score (nSPS) is 12.7. The first-order valence-corrected chi connectivity index (χ1v) is 4.65. The molecule has 0 unspecified atom stereocenters. The molecule has 1 aromatic rings. The third kappa shape index (κ3) is 3.61. The van der Waals surface area contributed by atoms with Gasteiger partial charge in [0.1, 0.15) is 11.3 Å². The summed E-state index contributed by atoms with van der Waals surface area (Å²) in [7, 11) is 0.714. The molecule has 0 saturated carbocycles. The van der Waals surface area contributed by atoms with Gasteiger partial charge in [0.05, 0.1) is 13.3 Å². The molecule has 3 nitrogen and oxygen atoms in total. The number of rotatable bonds is 3. The highest BCUT2D eigenvalue weighted by Crippen LogP contribution is 2.46. The minimum Gasteiger partial charge on any atom is -0.494 e. The van der Waals surface area contributed by atoms with Gasteiger partial charge in [0.2, 0.25) is 0 Å². The van der Waals surface area contributed by atoms with Gasteiger partial charge in [-0.25, -0.2) is 13.8 Å². The molecule has 0 aliphatic rings. The molecule has 0 fully saturated rings. The lowest BCUT2D eigenvalue weighted by Crippen LogP contribution is -2.22. The molecule has 1 heterocycles. The summed E-state index contributed by atoms with van der Waals surface area (Å²) in [6.07, 6.45) is -14.5. The number of ether oxygens (including phenoxy) is 2. The molecule has 1 aromatic heterocycles. The third-order valence-corrected chi connectivity index (χ3v) is 1.95. The number of alkyl halides is 8. The van der Waals surface area contributed by atoms with E-state index in [0.29, 0.717) is 7.11 Å². The van der Waals surface area contributed by atoms with E-state index < -0.39 is 41.7 Å². The Kier molecular flexibility index (Phi) is 4.30. The molecule has 0 saturated heterocycles. The molecule has 0 N–H and O–H groups in total. The fraction of sp³-hybridized carbons (Fsp3) is 0.444. The Morgan fingerprint density at radius 1 is 1.10 bits per heavy atom. The Balaban J connectivity index is 3.61. The van der Waals surface area contributed by atoms with Crippen LogP contribution in [0.4, 0.5) is 35.1 Å². The van der Waals surface area contributed by atoms with Crippen molar-refractivity contribution in [3.8, 4) is 11.5 Å². The Bertz CT molecular complexity index is 482. The molecule has 1 rings (SSSR count). The summed E-state index contributed by atoms with van der Waals surface area (Å²) >= 11 is 0. The van der Waals surface area contributed by atoms with Gasteiger partial charge in [0, 0.05) is 0 Å². The first-order valence-electron chi connectivity index (χ1n) is 4.65. The molecule has 0 bridgehead atoms. The standard InChI is InChI=1S/C9H5F8NO2/c1-19-3-2-18-5(7(10)11)6(20-9(15,16)17)4(3)8(12,13)14/h2,7H,1H3. The van der Waals surface area contributed by atoms with Crippen LogP contribution in [0.3, 0.4) is 0 Å². The van der Waals surface area contributed by atoms with Crippen LogP contribution in [-0.4, -0.2) is 18.5 Å².